The maximum atomic E-state index is 6.58. The third-order valence-corrected chi connectivity index (χ3v) is 9.76. The van der Waals surface area contributed by atoms with Crippen molar-refractivity contribution in [2.75, 3.05) is 0 Å². The minimum Gasteiger partial charge on any atom is -0.456 e. The second kappa shape index (κ2) is 10.7. The topological polar surface area (TPSA) is 78.1 Å². The van der Waals surface area contributed by atoms with E-state index in [1.165, 1.54) is 0 Å². The lowest BCUT2D eigenvalue weighted by molar-refractivity contribution is 0.664. The van der Waals surface area contributed by atoms with E-state index in [0.717, 1.165) is 93.6 Å². The summed E-state index contributed by atoms with van der Waals surface area (Å²) in [4.78, 5) is 15.0. The molecule has 7 aromatic carbocycles. The molecule has 0 bridgehead atoms. The Kier molecular flexibility index (Phi) is 5.86. The average Bonchev–Trinajstić information content (AvgIpc) is 3.88. The van der Waals surface area contributed by atoms with Crippen molar-refractivity contribution in [2.45, 2.75) is 0 Å². The van der Waals surface area contributed by atoms with Crippen LogP contribution in [-0.4, -0.2) is 15.0 Å². The number of furan rings is 3. The molecule has 0 N–H and O–H groups in total. The van der Waals surface area contributed by atoms with E-state index < -0.39 is 0 Å². The first-order chi connectivity index (χ1) is 25.2. The molecule has 0 unspecified atom stereocenters. The summed E-state index contributed by atoms with van der Waals surface area (Å²) in [5.41, 5.74) is 9.62. The van der Waals surface area contributed by atoms with Crippen molar-refractivity contribution in [2.24, 2.45) is 0 Å². The van der Waals surface area contributed by atoms with Gasteiger partial charge in [0.05, 0.1) is 5.56 Å². The van der Waals surface area contributed by atoms with Gasteiger partial charge in [0.1, 0.15) is 33.5 Å². The molecule has 0 aliphatic heterocycles. The Morgan fingerprint density at radius 3 is 1.51 bits per heavy atom. The molecule has 0 saturated heterocycles. The van der Waals surface area contributed by atoms with E-state index in [-0.39, 0.29) is 0 Å². The van der Waals surface area contributed by atoms with Gasteiger partial charge in [-0.25, -0.2) is 15.0 Å². The van der Waals surface area contributed by atoms with Gasteiger partial charge in [-0.05, 0) is 35.9 Å². The van der Waals surface area contributed by atoms with Gasteiger partial charge >= 0.3 is 0 Å². The molecule has 11 rings (SSSR count). The van der Waals surface area contributed by atoms with Crippen molar-refractivity contribution >= 4 is 65.8 Å². The molecule has 0 amide bonds. The second-order valence-corrected chi connectivity index (χ2v) is 12.8. The van der Waals surface area contributed by atoms with Gasteiger partial charge in [-0.1, -0.05) is 121 Å². The molecule has 0 spiro atoms. The lowest BCUT2D eigenvalue weighted by Crippen LogP contribution is -2.00. The van der Waals surface area contributed by atoms with Crippen molar-refractivity contribution in [1.29, 1.82) is 0 Å². The van der Waals surface area contributed by atoms with Gasteiger partial charge in [-0.2, -0.15) is 0 Å². The highest BCUT2D eigenvalue weighted by atomic mass is 16.3. The van der Waals surface area contributed by atoms with Gasteiger partial charge in [0.25, 0.3) is 0 Å². The van der Waals surface area contributed by atoms with Crippen LogP contribution in [0.2, 0.25) is 0 Å². The number of aromatic nitrogens is 3. The number of rotatable bonds is 4. The molecule has 0 saturated carbocycles. The summed E-state index contributed by atoms with van der Waals surface area (Å²) in [5, 5.41) is 6.29. The molecule has 6 nitrogen and oxygen atoms in total. The van der Waals surface area contributed by atoms with Crippen LogP contribution in [0.5, 0.6) is 0 Å². The average molecular weight is 656 g/mol. The normalized spacial score (nSPS) is 11.9. The number of fused-ring (bicyclic) bond motifs is 9. The zero-order valence-corrected chi connectivity index (χ0v) is 27.0. The molecule has 238 valence electrons. The van der Waals surface area contributed by atoms with Crippen molar-refractivity contribution in [3.8, 4) is 45.3 Å². The minimum absolute atomic E-state index is 0.554. The molecular formula is C45H25N3O3. The molecule has 0 fully saturated rings. The van der Waals surface area contributed by atoms with E-state index in [1.54, 1.807) is 0 Å². The standard InChI is InChI=1S/C45H25N3O3/c1-2-10-27(11-3-1)43-46-44(48-45(47-43)34-17-9-15-32-30-12-4-7-19-38(30)50-42(32)34)28-22-20-26(21-23-28)29-14-8-16-33-36-25-39-35(24-40(36)51-41(29)33)31-13-5-6-18-37(31)49-39/h1-25H. The van der Waals surface area contributed by atoms with Crippen LogP contribution in [0.3, 0.4) is 0 Å². The van der Waals surface area contributed by atoms with Crippen LogP contribution in [0.15, 0.2) is 165 Å². The van der Waals surface area contributed by atoms with E-state index in [0.29, 0.717) is 17.5 Å². The zero-order chi connectivity index (χ0) is 33.5. The highest BCUT2D eigenvalue weighted by Gasteiger charge is 2.19. The molecule has 0 aliphatic rings. The number of benzene rings is 7. The van der Waals surface area contributed by atoms with Gasteiger partial charge in [0.15, 0.2) is 17.5 Å². The molecule has 6 heteroatoms. The van der Waals surface area contributed by atoms with E-state index in [4.69, 9.17) is 28.2 Å². The van der Waals surface area contributed by atoms with Crippen LogP contribution in [0.1, 0.15) is 0 Å². The lowest BCUT2D eigenvalue weighted by Gasteiger charge is -2.09. The summed E-state index contributed by atoms with van der Waals surface area (Å²) in [6.45, 7) is 0. The summed E-state index contributed by atoms with van der Waals surface area (Å²) < 4.78 is 19.1. The van der Waals surface area contributed by atoms with E-state index in [9.17, 15) is 0 Å². The Morgan fingerprint density at radius 2 is 0.765 bits per heavy atom. The molecule has 4 heterocycles. The molecule has 0 atom stereocenters. The van der Waals surface area contributed by atoms with E-state index in [1.807, 2.05) is 78.9 Å². The van der Waals surface area contributed by atoms with Crippen LogP contribution >= 0.6 is 0 Å². The molecular weight excluding hydrogens is 631 g/mol. The fourth-order valence-electron chi connectivity index (χ4n) is 7.31. The highest BCUT2D eigenvalue weighted by molar-refractivity contribution is 6.16. The summed E-state index contributed by atoms with van der Waals surface area (Å²) in [5.74, 6) is 1.73. The van der Waals surface area contributed by atoms with Crippen LogP contribution < -0.4 is 0 Å². The quantitative estimate of drug-likeness (QED) is 0.188. The van der Waals surface area contributed by atoms with Gasteiger partial charge < -0.3 is 13.3 Å². The fourth-order valence-corrected chi connectivity index (χ4v) is 7.31. The Hall–Kier alpha value is -7.05. The van der Waals surface area contributed by atoms with E-state index >= 15 is 0 Å². The maximum Gasteiger partial charge on any atom is 0.167 e. The van der Waals surface area contributed by atoms with Crippen molar-refractivity contribution in [1.82, 2.24) is 15.0 Å². The number of hydrogen-bond acceptors (Lipinski definition) is 6. The fraction of sp³-hybridized carbons (Fsp3) is 0. The molecule has 4 aromatic heterocycles. The van der Waals surface area contributed by atoms with Crippen molar-refractivity contribution in [3.63, 3.8) is 0 Å². The Balaban J connectivity index is 1.04. The maximum absolute atomic E-state index is 6.58. The van der Waals surface area contributed by atoms with Crippen LogP contribution in [0, 0.1) is 0 Å². The third-order valence-electron chi connectivity index (χ3n) is 9.76. The van der Waals surface area contributed by atoms with Crippen LogP contribution in [-0.2, 0) is 0 Å². The SMILES string of the molecule is c1ccc(-c2nc(-c3ccc(-c4cccc5c4oc4cc6c(cc45)oc4ccccc46)cc3)nc(-c3cccc4c3oc3ccccc34)n2)cc1. The first-order valence-electron chi connectivity index (χ1n) is 16.8. The summed E-state index contributed by atoms with van der Waals surface area (Å²) in [7, 11) is 0. The predicted molar refractivity (Wildman–Crippen MR) is 203 cm³/mol. The molecule has 0 radical (unpaired) electrons. The van der Waals surface area contributed by atoms with Gasteiger partial charge in [0.2, 0.25) is 0 Å². The Morgan fingerprint density at radius 1 is 0.294 bits per heavy atom. The first-order valence-corrected chi connectivity index (χ1v) is 16.8. The number of para-hydroxylation sites is 4. The second-order valence-electron chi connectivity index (χ2n) is 12.8. The van der Waals surface area contributed by atoms with Gasteiger partial charge in [0, 0.05) is 49.0 Å². The highest BCUT2D eigenvalue weighted by Crippen LogP contribution is 2.40. The zero-order valence-electron chi connectivity index (χ0n) is 27.0. The molecule has 0 aliphatic carbocycles. The summed E-state index contributed by atoms with van der Waals surface area (Å²) >= 11 is 0. The lowest BCUT2D eigenvalue weighted by atomic mass is 10.0. The summed E-state index contributed by atoms with van der Waals surface area (Å²) in [6.07, 6.45) is 0. The number of nitrogens with zero attached hydrogens (tertiary/aromatic N) is 3. The monoisotopic (exact) mass is 655 g/mol. The van der Waals surface area contributed by atoms with Crippen LogP contribution in [0.4, 0.5) is 0 Å². The van der Waals surface area contributed by atoms with E-state index in [2.05, 4.69) is 72.8 Å². The van der Waals surface area contributed by atoms with Gasteiger partial charge in [-0.3, -0.25) is 0 Å². The van der Waals surface area contributed by atoms with Crippen molar-refractivity contribution < 1.29 is 13.3 Å². The van der Waals surface area contributed by atoms with Crippen LogP contribution in [0.25, 0.3) is 111 Å². The smallest absolute Gasteiger partial charge is 0.167 e. The summed E-state index contributed by atoms with van der Waals surface area (Å²) in [6, 6.07) is 51.1. The number of hydrogen-bond donors (Lipinski definition) is 0. The molecule has 11 aromatic rings. The first kappa shape index (κ1) is 27.9. The molecule has 51 heavy (non-hydrogen) atoms. The predicted octanol–water partition coefficient (Wildman–Crippen LogP) is 12.2. The minimum atomic E-state index is 0.554. The third kappa shape index (κ3) is 4.33. The van der Waals surface area contributed by atoms with Gasteiger partial charge in [-0.15, -0.1) is 0 Å². The van der Waals surface area contributed by atoms with Crippen molar-refractivity contribution in [3.05, 3.63) is 152 Å². The Labute approximate surface area is 290 Å². The Bertz CT molecular complexity index is 3140. The largest absolute Gasteiger partial charge is 0.456 e.